The van der Waals surface area contributed by atoms with Crippen molar-refractivity contribution in [3.63, 3.8) is 0 Å². The zero-order chi connectivity index (χ0) is 11.8. The maximum atomic E-state index is 13.5. The van der Waals surface area contributed by atoms with Gasteiger partial charge in [-0.1, -0.05) is 6.07 Å². The Morgan fingerprint density at radius 3 is 3.12 bits per heavy atom. The van der Waals surface area contributed by atoms with Gasteiger partial charge in [0.2, 0.25) is 0 Å². The van der Waals surface area contributed by atoms with Gasteiger partial charge in [0.15, 0.2) is 0 Å². The fourth-order valence-corrected chi connectivity index (χ4v) is 2.45. The summed E-state index contributed by atoms with van der Waals surface area (Å²) in [6, 6.07) is 4.77. The molecule has 2 heterocycles. The molecule has 1 fully saturated rings. The summed E-state index contributed by atoms with van der Waals surface area (Å²) < 4.78 is 15.1. The Morgan fingerprint density at radius 1 is 1.47 bits per heavy atom. The van der Waals surface area contributed by atoms with E-state index in [-0.39, 0.29) is 11.5 Å². The van der Waals surface area contributed by atoms with Gasteiger partial charge >= 0.3 is 5.69 Å². The van der Waals surface area contributed by atoms with Crippen molar-refractivity contribution in [3.8, 4) is 0 Å². The van der Waals surface area contributed by atoms with Gasteiger partial charge < -0.3 is 10.3 Å². The summed E-state index contributed by atoms with van der Waals surface area (Å²) in [7, 11) is 0. The van der Waals surface area contributed by atoms with Crippen LogP contribution in [0.2, 0.25) is 0 Å². The molecule has 0 saturated carbocycles. The van der Waals surface area contributed by atoms with Crippen LogP contribution >= 0.6 is 0 Å². The SMILES string of the molecule is O=c1[nH]c2c(F)cccc2n1CC1CCNC1. The highest BCUT2D eigenvalue weighted by molar-refractivity contribution is 5.75. The monoisotopic (exact) mass is 235 g/mol. The van der Waals surface area contributed by atoms with Crippen LogP contribution in [-0.4, -0.2) is 22.6 Å². The predicted octanol–water partition coefficient (Wildman–Crippen LogP) is 1.08. The summed E-state index contributed by atoms with van der Waals surface area (Å²) in [6.45, 7) is 2.57. The summed E-state index contributed by atoms with van der Waals surface area (Å²) in [4.78, 5) is 14.4. The molecule has 1 aromatic heterocycles. The molecule has 17 heavy (non-hydrogen) atoms. The molecule has 0 bridgehead atoms. The molecule has 0 spiro atoms. The lowest BCUT2D eigenvalue weighted by Crippen LogP contribution is -2.22. The minimum Gasteiger partial charge on any atom is -0.316 e. The standard InChI is InChI=1S/C12H14FN3O/c13-9-2-1-3-10-11(9)15-12(17)16(10)7-8-4-5-14-6-8/h1-3,8,14H,4-7H2,(H,15,17). The Balaban J connectivity index is 2.06. The number of H-pyrrole nitrogens is 1. The molecule has 5 heteroatoms. The number of hydrogen-bond acceptors (Lipinski definition) is 2. The smallest absolute Gasteiger partial charge is 0.316 e. The molecule has 1 atom stereocenters. The number of fused-ring (bicyclic) bond motifs is 1. The van der Waals surface area contributed by atoms with Gasteiger partial charge in [-0.3, -0.25) is 4.57 Å². The number of aromatic nitrogens is 2. The molecule has 1 unspecified atom stereocenters. The average molecular weight is 235 g/mol. The van der Waals surface area contributed by atoms with E-state index in [0.29, 0.717) is 23.5 Å². The molecule has 2 aromatic rings. The van der Waals surface area contributed by atoms with Gasteiger partial charge in [-0.25, -0.2) is 9.18 Å². The number of halogens is 1. The van der Waals surface area contributed by atoms with Crippen LogP contribution in [0.1, 0.15) is 6.42 Å². The number of benzene rings is 1. The number of aromatic amines is 1. The van der Waals surface area contributed by atoms with E-state index in [1.165, 1.54) is 6.07 Å². The Kier molecular flexibility index (Phi) is 2.48. The van der Waals surface area contributed by atoms with Gasteiger partial charge in [0, 0.05) is 6.54 Å². The Morgan fingerprint density at radius 2 is 2.35 bits per heavy atom. The van der Waals surface area contributed by atoms with Crippen LogP contribution in [0.4, 0.5) is 4.39 Å². The lowest BCUT2D eigenvalue weighted by atomic mass is 10.1. The van der Waals surface area contributed by atoms with Crippen molar-refractivity contribution in [1.82, 2.24) is 14.9 Å². The Labute approximate surface area is 97.4 Å². The van der Waals surface area contributed by atoms with Crippen LogP contribution in [0.15, 0.2) is 23.0 Å². The highest BCUT2D eigenvalue weighted by Gasteiger charge is 2.18. The van der Waals surface area contributed by atoms with Gasteiger partial charge in [-0.05, 0) is 37.6 Å². The van der Waals surface area contributed by atoms with Gasteiger partial charge in [0.05, 0.1) is 5.52 Å². The molecule has 1 aliphatic rings. The summed E-state index contributed by atoms with van der Waals surface area (Å²) in [5.41, 5.74) is 0.738. The number of nitrogens with one attached hydrogen (secondary N) is 2. The average Bonchev–Trinajstić information content (AvgIpc) is 2.91. The molecule has 0 radical (unpaired) electrons. The molecule has 90 valence electrons. The van der Waals surface area contributed by atoms with Gasteiger partial charge in [-0.2, -0.15) is 0 Å². The number of rotatable bonds is 2. The first-order valence-electron chi connectivity index (χ1n) is 5.83. The molecular formula is C12H14FN3O. The van der Waals surface area contributed by atoms with Crippen molar-refractivity contribution < 1.29 is 4.39 Å². The quantitative estimate of drug-likeness (QED) is 0.818. The van der Waals surface area contributed by atoms with Gasteiger partial charge in [0.25, 0.3) is 0 Å². The van der Waals surface area contributed by atoms with Crippen molar-refractivity contribution in [1.29, 1.82) is 0 Å². The van der Waals surface area contributed by atoms with Crippen molar-refractivity contribution in [2.45, 2.75) is 13.0 Å². The first-order chi connectivity index (χ1) is 8.25. The van der Waals surface area contributed by atoms with Crippen LogP contribution in [-0.2, 0) is 6.54 Å². The van der Waals surface area contributed by atoms with Crippen molar-refractivity contribution in [2.75, 3.05) is 13.1 Å². The van der Waals surface area contributed by atoms with E-state index in [4.69, 9.17) is 0 Å². The fourth-order valence-electron chi connectivity index (χ4n) is 2.45. The van der Waals surface area contributed by atoms with E-state index in [0.717, 1.165) is 19.5 Å². The third-order valence-corrected chi connectivity index (χ3v) is 3.36. The van der Waals surface area contributed by atoms with Crippen LogP contribution in [0.5, 0.6) is 0 Å². The number of imidazole rings is 1. The molecule has 4 nitrogen and oxygen atoms in total. The van der Waals surface area contributed by atoms with Crippen LogP contribution < -0.4 is 11.0 Å². The third-order valence-electron chi connectivity index (χ3n) is 3.36. The van der Waals surface area contributed by atoms with Crippen molar-refractivity contribution >= 4 is 11.0 Å². The molecule has 2 N–H and O–H groups in total. The van der Waals surface area contributed by atoms with Crippen LogP contribution in [0.3, 0.4) is 0 Å². The molecule has 1 saturated heterocycles. The van der Waals surface area contributed by atoms with E-state index in [1.807, 2.05) is 0 Å². The lowest BCUT2D eigenvalue weighted by Gasteiger charge is -2.09. The van der Waals surface area contributed by atoms with E-state index in [1.54, 1.807) is 16.7 Å². The first-order valence-corrected chi connectivity index (χ1v) is 5.83. The van der Waals surface area contributed by atoms with Gasteiger partial charge in [-0.15, -0.1) is 0 Å². The second-order valence-corrected chi connectivity index (χ2v) is 4.53. The second kappa shape index (κ2) is 4.00. The minimum absolute atomic E-state index is 0.225. The Hall–Kier alpha value is -1.62. The summed E-state index contributed by atoms with van der Waals surface area (Å²) in [5.74, 6) is 0.0814. The summed E-state index contributed by atoms with van der Waals surface area (Å²) >= 11 is 0. The summed E-state index contributed by atoms with van der Waals surface area (Å²) in [5, 5.41) is 3.26. The molecule has 0 amide bonds. The van der Waals surface area contributed by atoms with E-state index < -0.39 is 0 Å². The van der Waals surface area contributed by atoms with Crippen molar-refractivity contribution in [3.05, 3.63) is 34.5 Å². The zero-order valence-corrected chi connectivity index (χ0v) is 9.37. The number of para-hydroxylation sites is 1. The predicted molar refractivity (Wildman–Crippen MR) is 63.5 cm³/mol. The largest absolute Gasteiger partial charge is 0.326 e. The highest BCUT2D eigenvalue weighted by Crippen LogP contribution is 2.17. The molecular weight excluding hydrogens is 221 g/mol. The topological polar surface area (TPSA) is 49.8 Å². The molecule has 3 rings (SSSR count). The normalized spacial score (nSPS) is 20.2. The van der Waals surface area contributed by atoms with E-state index in [2.05, 4.69) is 10.3 Å². The minimum atomic E-state index is -0.372. The van der Waals surface area contributed by atoms with Crippen LogP contribution in [0.25, 0.3) is 11.0 Å². The lowest BCUT2D eigenvalue weighted by molar-refractivity contribution is 0.481. The Bertz CT molecular complexity index is 595. The highest BCUT2D eigenvalue weighted by atomic mass is 19.1. The van der Waals surface area contributed by atoms with Gasteiger partial charge in [0.1, 0.15) is 11.3 Å². The van der Waals surface area contributed by atoms with E-state index >= 15 is 0 Å². The summed E-state index contributed by atoms with van der Waals surface area (Å²) in [6.07, 6.45) is 1.06. The molecule has 0 aliphatic carbocycles. The zero-order valence-electron chi connectivity index (χ0n) is 9.37. The third kappa shape index (κ3) is 1.76. The van der Waals surface area contributed by atoms with Crippen molar-refractivity contribution in [2.24, 2.45) is 5.92 Å². The molecule has 1 aromatic carbocycles. The number of nitrogens with zero attached hydrogens (tertiary/aromatic N) is 1. The fraction of sp³-hybridized carbons (Fsp3) is 0.417. The maximum absolute atomic E-state index is 13.5. The molecule has 1 aliphatic heterocycles. The number of hydrogen-bond donors (Lipinski definition) is 2. The second-order valence-electron chi connectivity index (χ2n) is 4.53. The van der Waals surface area contributed by atoms with E-state index in [9.17, 15) is 9.18 Å². The van der Waals surface area contributed by atoms with Crippen LogP contribution in [0, 0.1) is 11.7 Å². The maximum Gasteiger partial charge on any atom is 0.326 e. The first kappa shape index (κ1) is 10.5.